The van der Waals surface area contributed by atoms with Gasteiger partial charge in [-0.05, 0) is 61.3 Å². The lowest BCUT2D eigenvalue weighted by atomic mass is 10.1. The van der Waals surface area contributed by atoms with Crippen LogP contribution in [0.1, 0.15) is 39.9 Å². The number of nitrogens with one attached hydrogen (secondary N) is 1. The molecular weight excluding hydrogens is 382 g/mol. The minimum Gasteiger partial charge on any atom is -0.485 e. The molecule has 1 aromatic carbocycles. The third kappa shape index (κ3) is 4.71. The molecule has 0 unspecified atom stereocenters. The number of ether oxygens (including phenoxy) is 1. The fourth-order valence-corrected chi connectivity index (χ4v) is 4.51. The SMILES string of the molecule is CNCC[C@H](Oc1ccc(CN2CCCn3cccc3C2=O)cc1)c1cccs1. The third-order valence-electron chi connectivity index (χ3n) is 5.26. The summed E-state index contributed by atoms with van der Waals surface area (Å²) in [5, 5.41) is 5.29. The number of aromatic nitrogens is 1. The van der Waals surface area contributed by atoms with Crippen molar-refractivity contribution in [3.8, 4) is 5.75 Å². The quantitative estimate of drug-likeness (QED) is 0.603. The van der Waals surface area contributed by atoms with Gasteiger partial charge in [0.05, 0.1) is 0 Å². The highest BCUT2D eigenvalue weighted by Gasteiger charge is 2.22. The third-order valence-corrected chi connectivity index (χ3v) is 6.22. The monoisotopic (exact) mass is 409 g/mol. The first-order chi connectivity index (χ1) is 14.2. The number of rotatable bonds is 8. The van der Waals surface area contributed by atoms with Crippen molar-refractivity contribution in [3.05, 3.63) is 76.2 Å². The molecule has 1 aliphatic heterocycles. The van der Waals surface area contributed by atoms with E-state index in [4.69, 9.17) is 4.74 Å². The Kier molecular flexibility index (Phi) is 6.32. The van der Waals surface area contributed by atoms with Crippen molar-refractivity contribution in [3.63, 3.8) is 0 Å². The van der Waals surface area contributed by atoms with E-state index < -0.39 is 0 Å². The molecule has 1 atom stereocenters. The van der Waals surface area contributed by atoms with Crippen molar-refractivity contribution in [2.24, 2.45) is 0 Å². The standard InChI is InChI=1S/C23H27N3O2S/c1-24-12-11-21(22-6-3-16-29-22)28-19-9-7-18(8-10-19)17-26-15-4-14-25-13-2-5-20(25)23(26)27/h2-3,5-10,13,16,21,24H,4,11-12,14-15,17H2,1H3/t21-/m0/s1. The maximum Gasteiger partial charge on any atom is 0.270 e. The lowest BCUT2D eigenvalue weighted by Crippen LogP contribution is -2.30. The lowest BCUT2D eigenvalue weighted by molar-refractivity contribution is 0.0746. The molecule has 152 valence electrons. The predicted molar refractivity (Wildman–Crippen MR) is 116 cm³/mol. The first-order valence-electron chi connectivity index (χ1n) is 10.1. The van der Waals surface area contributed by atoms with E-state index in [1.807, 2.05) is 42.4 Å². The summed E-state index contributed by atoms with van der Waals surface area (Å²) in [6, 6.07) is 16.2. The first kappa shape index (κ1) is 19.7. The van der Waals surface area contributed by atoms with Crippen molar-refractivity contribution < 1.29 is 9.53 Å². The molecule has 1 amide bonds. The first-order valence-corrected chi connectivity index (χ1v) is 11.0. The van der Waals surface area contributed by atoms with E-state index in [1.165, 1.54) is 4.88 Å². The molecule has 0 saturated carbocycles. The zero-order valence-electron chi connectivity index (χ0n) is 16.7. The van der Waals surface area contributed by atoms with Crippen LogP contribution in [0.3, 0.4) is 0 Å². The van der Waals surface area contributed by atoms with Gasteiger partial charge in [0.15, 0.2) is 0 Å². The highest BCUT2D eigenvalue weighted by molar-refractivity contribution is 7.10. The van der Waals surface area contributed by atoms with Crippen molar-refractivity contribution in [1.29, 1.82) is 0 Å². The summed E-state index contributed by atoms with van der Waals surface area (Å²) < 4.78 is 8.32. The molecule has 1 aliphatic rings. The average Bonchev–Trinajstić information content (AvgIpc) is 3.41. The van der Waals surface area contributed by atoms with E-state index in [2.05, 4.69) is 39.5 Å². The van der Waals surface area contributed by atoms with Gasteiger partial charge in [-0.15, -0.1) is 11.3 Å². The Morgan fingerprint density at radius 3 is 2.76 bits per heavy atom. The predicted octanol–water partition coefficient (Wildman–Crippen LogP) is 4.33. The second-order valence-electron chi connectivity index (χ2n) is 7.33. The molecule has 3 aromatic rings. The van der Waals surface area contributed by atoms with Crippen molar-refractivity contribution in [2.75, 3.05) is 20.1 Å². The van der Waals surface area contributed by atoms with Crippen molar-refractivity contribution in [1.82, 2.24) is 14.8 Å². The fourth-order valence-electron chi connectivity index (χ4n) is 3.72. The van der Waals surface area contributed by atoms with Crippen molar-refractivity contribution >= 4 is 17.2 Å². The summed E-state index contributed by atoms with van der Waals surface area (Å²) in [4.78, 5) is 16.0. The van der Waals surface area contributed by atoms with Crippen LogP contribution in [0.5, 0.6) is 5.75 Å². The van der Waals surface area contributed by atoms with E-state index in [0.717, 1.165) is 49.5 Å². The van der Waals surface area contributed by atoms with Gasteiger partial charge in [-0.25, -0.2) is 0 Å². The topological polar surface area (TPSA) is 46.5 Å². The molecule has 6 heteroatoms. The summed E-state index contributed by atoms with van der Waals surface area (Å²) >= 11 is 1.73. The Morgan fingerprint density at radius 2 is 2.00 bits per heavy atom. The molecule has 3 heterocycles. The van der Waals surface area contributed by atoms with E-state index in [9.17, 15) is 4.79 Å². The molecule has 0 aliphatic carbocycles. The van der Waals surface area contributed by atoms with Gasteiger partial charge in [0.2, 0.25) is 0 Å². The van der Waals surface area contributed by atoms with Gasteiger partial charge in [-0.3, -0.25) is 4.79 Å². The number of benzene rings is 1. The summed E-state index contributed by atoms with van der Waals surface area (Å²) in [7, 11) is 1.96. The number of nitrogens with zero attached hydrogens (tertiary/aromatic N) is 2. The molecule has 0 fully saturated rings. The second-order valence-corrected chi connectivity index (χ2v) is 8.30. The largest absolute Gasteiger partial charge is 0.485 e. The number of carbonyl (C=O) groups is 1. The Morgan fingerprint density at radius 1 is 1.14 bits per heavy atom. The Bertz CT molecular complexity index is 918. The maximum atomic E-state index is 12.8. The van der Waals surface area contributed by atoms with Gasteiger partial charge in [-0.2, -0.15) is 0 Å². The summed E-state index contributed by atoms with van der Waals surface area (Å²) in [6.45, 7) is 3.20. The summed E-state index contributed by atoms with van der Waals surface area (Å²) in [5.41, 5.74) is 1.90. The lowest BCUT2D eigenvalue weighted by Gasteiger charge is -2.21. The van der Waals surface area contributed by atoms with Crippen LogP contribution < -0.4 is 10.1 Å². The Balaban J connectivity index is 1.42. The second kappa shape index (κ2) is 9.29. The Labute approximate surface area is 175 Å². The molecule has 1 N–H and O–H groups in total. The fraction of sp³-hybridized carbons (Fsp3) is 0.348. The van der Waals surface area contributed by atoms with E-state index in [0.29, 0.717) is 6.54 Å². The van der Waals surface area contributed by atoms with Gasteiger partial charge in [0.1, 0.15) is 17.5 Å². The molecule has 2 aromatic heterocycles. The van der Waals surface area contributed by atoms with Crippen LogP contribution >= 0.6 is 11.3 Å². The van der Waals surface area contributed by atoms with Crippen LogP contribution in [0.2, 0.25) is 0 Å². The van der Waals surface area contributed by atoms with Crippen LogP contribution in [0.4, 0.5) is 0 Å². The van der Waals surface area contributed by atoms with E-state index in [-0.39, 0.29) is 12.0 Å². The van der Waals surface area contributed by atoms with Crippen LogP contribution in [0, 0.1) is 0 Å². The summed E-state index contributed by atoms with van der Waals surface area (Å²) in [6.07, 6.45) is 3.93. The smallest absolute Gasteiger partial charge is 0.270 e. The van der Waals surface area contributed by atoms with E-state index in [1.54, 1.807) is 11.3 Å². The van der Waals surface area contributed by atoms with Crippen LogP contribution in [-0.2, 0) is 13.1 Å². The zero-order valence-corrected chi connectivity index (χ0v) is 17.5. The number of thiophene rings is 1. The molecule has 0 radical (unpaired) electrons. The van der Waals surface area contributed by atoms with Crippen LogP contribution in [-0.4, -0.2) is 35.5 Å². The highest BCUT2D eigenvalue weighted by Crippen LogP contribution is 2.28. The molecule has 0 saturated heterocycles. The normalized spacial score (nSPS) is 15.1. The van der Waals surface area contributed by atoms with Crippen molar-refractivity contribution in [2.45, 2.75) is 32.0 Å². The number of fused-ring (bicyclic) bond motifs is 1. The highest BCUT2D eigenvalue weighted by atomic mass is 32.1. The van der Waals surface area contributed by atoms with Gasteiger partial charge >= 0.3 is 0 Å². The molecular formula is C23H27N3O2S. The van der Waals surface area contributed by atoms with Crippen LogP contribution in [0.25, 0.3) is 0 Å². The number of amides is 1. The summed E-state index contributed by atoms with van der Waals surface area (Å²) in [5.74, 6) is 0.969. The average molecular weight is 410 g/mol. The zero-order chi connectivity index (χ0) is 20.1. The van der Waals surface area contributed by atoms with Gasteiger partial charge in [0, 0.05) is 37.1 Å². The molecule has 4 rings (SSSR count). The minimum atomic E-state index is 0.0493. The van der Waals surface area contributed by atoms with Crippen LogP contribution in [0.15, 0.2) is 60.1 Å². The van der Waals surface area contributed by atoms with Gasteiger partial charge in [0.25, 0.3) is 5.91 Å². The van der Waals surface area contributed by atoms with Gasteiger partial charge in [-0.1, -0.05) is 18.2 Å². The minimum absolute atomic E-state index is 0.0493. The Hall–Kier alpha value is -2.57. The molecule has 5 nitrogen and oxygen atoms in total. The molecule has 0 bridgehead atoms. The number of carbonyl (C=O) groups excluding carboxylic acids is 1. The van der Waals surface area contributed by atoms with Gasteiger partial charge < -0.3 is 19.5 Å². The van der Waals surface area contributed by atoms with E-state index >= 15 is 0 Å². The maximum absolute atomic E-state index is 12.8. The molecule has 29 heavy (non-hydrogen) atoms. The number of hydrogen-bond acceptors (Lipinski definition) is 4. The number of aryl methyl sites for hydroxylation is 1. The number of hydrogen-bond donors (Lipinski definition) is 1. The molecule has 0 spiro atoms.